The number of halogens is 1. The Morgan fingerprint density at radius 1 is 1.26 bits per heavy atom. The molecule has 8 heteroatoms. The van der Waals surface area contributed by atoms with Crippen LogP contribution in [0.4, 0.5) is 0 Å². The Hall–Kier alpha value is -0.870. The molecule has 2 fully saturated rings. The van der Waals surface area contributed by atoms with E-state index in [1.54, 1.807) is 0 Å². The highest BCUT2D eigenvalue weighted by atomic mass is 127. The number of aliphatic hydroxyl groups is 1. The van der Waals surface area contributed by atoms with E-state index in [2.05, 4.69) is 27.0 Å². The molecule has 27 heavy (non-hydrogen) atoms. The number of β-amino-alcohol motifs (C(OH)–C–C–N with tert-alkyl or cyclic N) is 1. The lowest BCUT2D eigenvalue weighted by Crippen LogP contribution is -2.41. The van der Waals surface area contributed by atoms with E-state index in [1.807, 2.05) is 13.8 Å². The van der Waals surface area contributed by atoms with Gasteiger partial charge in [-0.3, -0.25) is 9.89 Å². The van der Waals surface area contributed by atoms with Gasteiger partial charge in [0.25, 0.3) is 0 Å². The van der Waals surface area contributed by atoms with Gasteiger partial charge in [-0.2, -0.15) is 0 Å². The van der Waals surface area contributed by atoms with E-state index in [1.165, 1.54) is 0 Å². The van der Waals surface area contributed by atoms with E-state index in [9.17, 15) is 5.11 Å². The van der Waals surface area contributed by atoms with Gasteiger partial charge in [0, 0.05) is 26.2 Å². The lowest BCUT2D eigenvalue weighted by molar-refractivity contribution is 0.166. The molecular formula is C19H34IN5O2. The van der Waals surface area contributed by atoms with Crippen LogP contribution >= 0.6 is 24.0 Å². The van der Waals surface area contributed by atoms with Crippen molar-refractivity contribution in [2.24, 2.45) is 10.9 Å². The fraction of sp³-hybridized carbons (Fsp3) is 0.789. The monoisotopic (exact) mass is 491 g/mol. The molecule has 7 nitrogen and oxygen atoms in total. The molecular weight excluding hydrogens is 457 g/mol. The minimum absolute atomic E-state index is 0. The number of nitrogens with one attached hydrogen (secondary N) is 1. The predicted octanol–water partition coefficient (Wildman–Crippen LogP) is 2.15. The molecule has 2 aliphatic heterocycles. The van der Waals surface area contributed by atoms with E-state index < -0.39 is 0 Å². The highest BCUT2D eigenvalue weighted by molar-refractivity contribution is 14.0. The number of oxazole rings is 1. The molecule has 2 aliphatic rings. The van der Waals surface area contributed by atoms with Gasteiger partial charge in [-0.1, -0.05) is 0 Å². The molecule has 3 heterocycles. The number of aromatic nitrogens is 1. The summed E-state index contributed by atoms with van der Waals surface area (Å²) in [6.07, 6.45) is 2.93. The van der Waals surface area contributed by atoms with Crippen LogP contribution in [0.1, 0.15) is 43.5 Å². The summed E-state index contributed by atoms with van der Waals surface area (Å²) in [7, 11) is 0. The number of aryl methyl sites for hydroxylation is 2. The Labute approximate surface area is 179 Å². The number of guanidine groups is 1. The van der Waals surface area contributed by atoms with Crippen LogP contribution in [0.15, 0.2) is 9.41 Å². The summed E-state index contributed by atoms with van der Waals surface area (Å²) in [5, 5.41) is 13.1. The first-order valence-electron chi connectivity index (χ1n) is 9.91. The van der Waals surface area contributed by atoms with E-state index in [0.29, 0.717) is 12.5 Å². The first kappa shape index (κ1) is 22.4. The first-order valence-corrected chi connectivity index (χ1v) is 9.91. The summed E-state index contributed by atoms with van der Waals surface area (Å²) in [4.78, 5) is 13.9. The maximum atomic E-state index is 9.76. The number of nitrogens with zero attached hydrogens (tertiary/aromatic N) is 4. The van der Waals surface area contributed by atoms with Crippen molar-refractivity contribution in [3.8, 4) is 0 Å². The second kappa shape index (κ2) is 10.6. The van der Waals surface area contributed by atoms with Crippen LogP contribution < -0.4 is 5.32 Å². The van der Waals surface area contributed by atoms with E-state index in [4.69, 9.17) is 9.41 Å². The lowest BCUT2D eigenvalue weighted by Gasteiger charge is -2.30. The van der Waals surface area contributed by atoms with E-state index in [-0.39, 0.29) is 30.1 Å². The minimum Gasteiger partial charge on any atom is -0.444 e. The summed E-state index contributed by atoms with van der Waals surface area (Å²) in [5.41, 5.74) is 0.993. The summed E-state index contributed by atoms with van der Waals surface area (Å²) in [6.45, 7) is 12.3. The first-order chi connectivity index (χ1) is 12.5. The van der Waals surface area contributed by atoms with Crippen molar-refractivity contribution in [2.45, 2.75) is 52.7 Å². The maximum Gasteiger partial charge on any atom is 0.208 e. The molecule has 2 N–H and O–H groups in total. The number of aliphatic imine (C=N–C) groups is 1. The van der Waals surface area contributed by atoms with Crippen LogP contribution in [0, 0.1) is 19.8 Å². The van der Waals surface area contributed by atoms with Crippen LogP contribution in [-0.4, -0.2) is 71.2 Å². The molecule has 1 aromatic heterocycles. The number of hydrogen-bond donors (Lipinski definition) is 2. The van der Waals surface area contributed by atoms with Gasteiger partial charge in [0.05, 0.1) is 18.3 Å². The van der Waals surface area contributed by atoms with Crippen LogP contribution in [0.3, 0.4) is 0 Å². The number of hydrogen-bond acceptors (Lipinski definition) is 5. The molecule has 1 aromatic rings. The van der Waals surface area contributed by atoms with E-state index >= 15 is 0 Å². The Morgan fingerprint density at radius 2 is 2.00 bits per heavy atom. The van der Waals surface area contributed by atoms with Crippen molar-refractivity contribution in [1.29, 1.82) is 0 Å². The van der Waals surface area contributed by atoms with Gasteiger partial charge >= 0.3 is 0 Å². The number of piperidine rings is 1. The maximum absolute atomic E-state index is 9.76. The average molecular weight is 491 g/mol. The second-order valence-electron chi connectivity index (χ2n) is 7.55. The fourth-order valence-electron chi connectivity index (χ4n) is 3.70. The molecule has 3 rings (SSSR count). The average Bonchev–Trinajstić information content (AvgIpc) is 3.18. The molecule has 154 valence electrons. The van der Waals surface area contributed by atoms with Gasteiger partial charge in [0.1, 0.15) is 5.76 Å². The third-order valence-corrected chi connectivity index (χ3v) is 5.44. The lowest BCUT2D eigenvalue weighted by atomic mass is 9.97. The van der Waals surface area contributed by atoms with Crippen molar-refractivity contribution < 1.29 is 9.52 Å². The highest BCUT2D eigenvalue weighted by Crippen LogP contribution is 2.20. The van der Waals surface area contributed by atoms with Gasteiger partial charge < -0.3 is 19.7 Å². The van der Waals surface area contributed by atoms with Crippen LogP contribution in [-0.2, 0) is 6.54 Å². The smallest absolute Gasteiger partial charge is 0.208 e. The van der Waals surface area contributed by atoms with Crippen LogP contribution in [0.25, 0.3) is 0 Å². The summed E-state index contributed by atoms with van der Waals surface area (Å²) in [6, 6.07) is 0. The van der Waals surface area contributed by atoms with Crippen molar-refractivity contribution >= 4 is 29.9 Å². The summed E-state index contributed by atoms with van der Waals surface area (Å²) >= 11 is 0. The molecule has 2 saturated heterocycles. The quantitative estimate of drug-likeness (QED) is 0.374. The van der Waals surface area contributed by atoms with Crippen LogP contribution in [0.2, 0.25) is 0 Å². The molecule has 0 spiro atoms. The van der Waals surface area contributed by atoms with Gasteiger partial charge in [0.15, 0.2) is 5.96 Å². The molecule has 0 unspecified atom stereocenters. The molecule has 0 bridgehead atoms. The number of likely N-dealkylation sites (tertiary alicyclic amines) is 2. The molecule has 0 saturated carbocycles. The van der Waals surface area contributed by atoms with Gasteiger partial charge in [-0.05, 0) is 59.0 Å². The van der Waals surface area contributed by atoms with Gasteiger partial charge in [-0.25, -0.2) is 4.98 Å². The molecule has 1 atom stereocenters. The normalized spacial score (nSPS) is 22.1. The Kier molecular flexibility index (Phi) is 8.81. The zero-order valence-corrected chi connectivity index (χ0v) is 19.1. The third kappa shape index (κ3) is 6.32. The Bertz CT molecular complexity index is 594. The fourth-order valence-corrected chi connectivity index (χ4v) is 3.70. The zero-order valence-electron chi connectivity index (χ0n) is 16.8. The minimum atomic E-state index is -0.218. The Balaban J connectivity index is 0.00000261. The second-order valence-corrected chi connectivity index (χ2v) is 7.55. The number of rotatable bonds is 5. The predicted molar refractivity (Wildman–Crippen MR) is 118 cm³/mol. The van der Waals surface area contributed by atoms with Crippen molar-refractivity contribution in [3.05, 3.63) is 17.3 Å². The van der Waals surface area contributed by atoms with Crippen molar-refractivity contribution in [2.75, 3.05) is 39.3 Å². The standard InChI is InChI=1S/C19H33N5O2.HI/c1-4-20-19(24-10-7-17(25)12-24)21-11-16-5-8-23(9-6-16)13-18-22-14(2)15(3)26-18;/h16-17,25H,4-13H2,1-3H3,(H,20,21);1H/t17-;/m1./s1. The third-order valence-electron chi connectivity index (χ3n) is 5.44. The Morgan fingerprint density at radius 3 is 2.56 bits per heavy atom. The molecule has 0 aromatic carbocycles. The largest absolute Gasteiger partial charge is 0.444 e. The molecule has 0 radical (unpaired) electrons. The van der Waals surface area contributed by atoms with Crippen molar-refractivity contribution in [3.63, 3.8) is 0 Å². The van der Waals surface area contributed by atoms with Crippen LogP contribution in [0.5, 0.6) is 0 Å². The molecule has 0 amide bonds. The number of aliphatic hydroxyl groups excluding tert-OH is 1. The summed E-state index contributed by atoms with van der Waals surface area (Å²) in [5.74, 6) is 3.34. The van der Waals surface area contributed by atoms with Gasteiger partial charge in [0.2, 0.25) is 5.89 Å². The summed E-state index contributed by atoms with van der Waals surface area (Å²) < 4.78 is 5.71. The zero-order chi connectivity index (χ0) is 18.5. The van der Waals surface area contributed by atoms with Crippen molar-refractivity contribution in [1.82, 2.24) is 20.1 Å². The topological polar surface area (TPSA) is 77.1 Å². The van der Waals surface area contributed by atoms with Gasteiger partial charge in [-0.15, -0.1) is 24.0 Å². The highest BCUT2D eigenvalue weighted by Gasteiger charge is 2.24. The van der Waals surface area contributed by atoms with E-state index in [0.717, 1.165) is 81.8 Å². The molecule has 0 aliphatic carbocycles. The SMILES string of the molecule is CCNC(=NCC1CCN(Cc2nc(C)c(C)o2)CC1)N1CC[C@@H](O)C1.I.